The second-order valence-corrected chi connectivity index (χ2v) is 2.98. The lowest BCUT2D eigenvalue weighted by Crippen LogP contribution is -2.10. The lowest BCUT2D eigenvalue weighted by molar-refractivity contribution is -0.384. The maximum atomic E-state index is 10.5. The van der Waals surface area contributed by atoms with Gasteiger partial charge in [-0.1, -0.05) is 17.7 Å². The lowest BCUT2D eigenvalue weighted by atomic mass is 10.2. The van der Waals surface area contributed by atoms with Crippen LogP contribution in [-0.4, -0.2) is 12.0 Å². The molecule has 1 aromatic carbocycles. The topological polar surface area (TPSA) is 64.4 Å². The van der Waals surface area contributed by atoms with Gasteiger partial charge in [-0.2, -0.15) is 5.48 Å². The summed E-state index contributed by atoms with van der Waals surface area (Å²) in [4.78, 5) is 14.6. The first-order chi connectivity index (χ1) is 6.65. The molecule has 6 heteroatoms. The van der Waals surface area contributed by atoms with Crippen LogP contribution in [0.2, 0.25) is 5.02 Å². The Morgan fingerprint density at radius 1 is 1.64 bits per heavy atom. The third kappa shape index (κ3) is 2.66. The average Bonchev–Trinajstić information content (AvgIpc) is 2.16. The molecule has 0 aliphatic rings. The number of halogens is 1. The van der Waals surface area contributed by atoms with Gasteiger partial charge in [0.05, 0.1) is 12.0 Å². The Balaban J connectivity index is 2.89. The van der Waals surface area contributed by atoms with Gasteiger partial charge in [-0.25, -0.2) is 0 Å². The molecular weight excluding hydrogens is 208 g/mol. The highest BCUT2D eigenvalue weighted by atomic mass is 35.5. The Hall–Kier alpha value is -1.17. The van der Waals surface area contributed by atoms with Gasteiger partial charge >= 0.3 is 0 Å². The predicted octanol–water partition coefficient (Wildman–Crippen LogP) is 1.90. The molecule has 0 aliphatic heterocycles. The first kappa shape index (κ1) is 10.9. The van der Waals surface area contributed by atoms with Crippen LogP contribution in [0.25, 0.3) is 0 Å². The molecule has 0 amide bonds. The molecule has 1 rings (SSSR count). The fourth-order valence-electron chi connectivity index (χ4n) is 0.964. The van der Waals surface area contributed by atoms with Crippen molar-refractivity contribution in [3.63, 3.8) is 0 Å². The van der Waals surface area contributed by atoms with Crippen molar-refractivity contribution in [2.24, 2.45) is 0 Å². The van der Waals surface area contributed by atoms with E-state index in [0.29, 0.717) is 6.54 Å². The van der Waals surface area contributed by atoms with E-state index < -0.39 is 4.92 Å². The SMILES string of the molecule is CONCc1ccc(Cl)c([N+](=O)[O-])c1. The minimum atomic E-state index is -0.515. The van der Waals surface area contributed by atoms with Crippen LogP contribution in [0.4, 0.5) is 5.69 Å². The molecule has 0 fully saturated rings. The molecule has 1 N–H and O–H groups in total. The van der Waals surface area contributed by atoms with Crippen LogP contribution in [0.15, 0.2) is 18.2 Å². The first-order valence-electron chi connectivity index (χ1n) is 3.84. The Morgan fingerprint density at radius 2 is 2.36 bits per heavy atom. The highest BCUT2D eigenvalue weighted by molar-refractivity contribution is 6.32. The van der Waals surface area contributed by atoms with Gasteiger partial charge in [0.2, 0.25) is 0 Å². The summed E-state index contributed by atoms with van der Waals surface area (Å²) < 4.78 is 0. The number of hydrogen-bond acceptors (Lipinski definition) is 4. The molecule has 1 aromatic rings. The van der Waals surface area contributed by atoms with E-state index in [2.05, 4.69) is 10.3 Å². The molecule has 0 unspecified atom stereocenters. The molecular formula is C8H9ClN2O3. The molecule has 0 spiro atoms. The minimum Gasteiger partial charge on any atom is -0.305 e. The summed E-state index contributed by atoms with van der Waals surface area (Å²) in [5, 5.41) is 10.7. The maximum Gasteiger partial charge on any atom is 0.288 e. The Kier molecular flexibility index (Phi) is 3.82. The molecule has 0 atom stereocenters. The maximum absolute atomic E-state index is 10.5. The van der Waals surface area contributed by atoms with Crippen LogP contribution < -0.4 is 5.48 Å². The van der Waals surface area contributed by atoms with Crippen molar-refractivity contribution in [3.05, 3.63) is 38.9 Å². The zero-order chi connectivity index (χ0) is 10.6. The normalized spacial score (nSPS) is 10.1. The third-order valence-corrected chi connectivity index (χ3v) is 1.95. The quantitative estimate of drug-likeness (QED) is 0.617. The predicted molar refractivity (Wildman–Crippen MR) is 52.0 cm³/mol. The first-order valence-corrected chi connectivity index (χ1v) is 4.21. The van der Waals surface area contributed by atoms with Crippen LogP contribution in [0.5, 0.6) is 0 Å². The zero-order valence-corrected chi connectivity index (χ0v) is 8.25. The smallest absolute Gasteiger partial charge is 0.288 e. The molecule has 0 saturated heterocycles. The van der Waals surface area contributed by atoms with Crippen molar-refractivity contribution in [2.45, 2.75) is 6.54 Å². The fourth-order valence-corrected chi connectivity index (χ4v) is 1.15. The van der Waals surface area contributed by atoms with Crippen LogP contribution in [0.3, 0.4) is 0 Å². The molecule has 14 heavy (non-hydrogen) atoms. The summed E-state index contributed by atoms with van der Waals surface area (Å²) in [6.45, 7) is 0.397. The van der Waals surface area contributed by atoms with Crippen molar-refractivity contribution in [1.29, 1.82) is 0 Å². The molecule has 0 saturated carbocycles. The van der Waals surface area contributed by atoms with E-state index in [1.165, 1.54) is 19.2 Å². The zero-order valence-electron chi connectivity index (χ0n) is 7.49. The molecule has 76 valence electrons. The molecule has 0 heterocycles. The number of nitro benzene ring substituents is 1. The van der Waals surface area contributed by atoms with Crippen LogP contribution in [0, 0.1) is 10.1 Å². The van der Waals surface area contributed by atoms with E-state index in [-0.39, 0.29) is 10.7 Å². The summed E-state index contributed by atoms with van der Waals surface area (Å²) in [5.74, 6) is 0. The second kappa shape index (κ2) is 4.90. The van der Waals surface area contributed by atoms with Crippen LogP contribution in [-0.2, 0) is 11.4 Å². The van der Waals surface area contributed by atoms with Gasteiger partial charge in [0.1, 0.15) is 5.02 Å². The summed E-state index contributed by atoms with van der Waals surface area (Å²) in [5.41, 5.74) is 3.23. The van der Waals surface area contributed by atoms with E-state index in [4.69, 9.17) is 11.6 Å². The number of hydroxylamine groups is 1. The summed E-state index contributed by atoms with van der Waals surface area (Å²) in [7, 11) is 1.48. The average molecular weight is 217 g/mol. The van der Waals surface area contributed by atoms with Crippen molar-refractivity contribution < 1.29 is 9.76 Å². The number of nitrogens with one attached hydrogen (secondary N) is 1. The van der Waals surface area contributed by atoms with E-state index in [9.17, 15) is 10.1 Å². The van der Waals surface area contributed by atoms with E-state index >= 15 is 0 Å². The number of nitro groups is 1. The molecule has 0 radical (unpaired) electrons. The number of rotatable bonds is 4. The van der Waals surface area contributed by atoms with Gasteiger partial charge < -0.3 is 4.84 Å². The number of benzene rings is 1. The highest BCUT2D eigenvalue weighted by Gasteiger charge is 2.12. The largest absolute Gasteiger partial charge is 0.305 e. The number of nitrogens with zero attached hydrogens (tertiary/aromatic N) is 1. The minimum absolute atomic E-state index is 0.0953. The second-order valence-electron chi connectivity index (χ2n) is 2.57. The number of hydrogen-bond donors (Lipinski definition) is 1. The molecule has 0 aliphatic carbocycles. The van der Waals surface area contributed by atoms with Crippen LogP contribution in [0.1, 0.15) is 5.56 Å². The van der Waals surface area contributed by atoms with Crippen molar-refractivity contribution in [1.82, 2.24) is 5.48 Å². The molecule has 0 bridgehead atoms. The summed E-state index contributed by atoms with van der Waals surface area (Å²) in [6.07, 6.45) is 0. The third-order valence-electron chi connectivity index (χ3n) is 1.63. The van der Waals surface area contributed by atoms with Crippen molar-refractivity contribution >= 4 is 17.3 Å². The van der Waals surface area contributed by atoms with E-state index in [1.807, 2.05) is 0 Å². The van der Waals surface area contributed by atoms with E-state index in [0.717, 1.165) is 5.56 Å². The molecule has 0 aromatic heterocycles. The highest BCUT2D eigenvalue weighted by Crippen LogP contribution is 2.24. The Morgan fingerprint density at radius 3 is 2.93 bits per heavy atom. The lowest BCUT2D eigenvalue weighted by Gasteiger charge is -2.02. The van der Waals surface area contributed by atoms with Crippen molar-refractivity contribution in [2.75, 3.05) is 7.11 Å². The standard InChI is InChI=1S/C8H9ClN2O3/c1-14-10-5-6-2-3-7(9)8(4-6)11(12)13/h2-4,10H,5H2,1H3. The summed E-state index contributed by atoms with van der Waals surface area (Å²) >= 11 is 5.63. The molecule has 5 nitrogen and oxygen atoms in total. The van der Waals surface area contributed by atoms with Gasteiger partial charge in [-0.15, -0.1) is 0 Å². The monoisotopic (exact) mass is 216 g/mol. The van der Waals surface area contributed by atoms with Gasteiger partial charge in [-0.3, -0.25) is 10.1 Å². The van der Waals surface area contributed by atoms with Gasteiger partial charge in [0, 0.05) is 12.6 Å². The van der Waals surface area contributed by atoms with Gasteiger partial charge in [0.15, 0.2) is 0 Å². The summed E-state index contributed by atoms with van der Waals surface area (Å²) in [6, 6.07) is 4.60. The Labute approximate surface area is 85.7 Å². The van der Waals surface area contributed by atoms with Crippen molar-refractivity contribution in [3.8, 4) is 0 Å². The Bertz CT molecular complexity index is 343. The van der Waals surface area contributed by atoms with E-state index in [1.54, 1.807) is 6.07 Å². The van der Waals surface area contributed by atoms with Crippen LogP contribution >= 0.6 is 11.6 Å². The fraction of sp³-hybridized carbons (Fsp3) is 0.250. The van der Waals surface area contributed by atoms with Gasteiger partial charge in [-0.05, 0) is 11.6 Å². The van der Waals surface area contributed by atoms with Gasteiger partial charge in [0.25, 0.3) is 5.69 Å².